The molecule has 8 heteroatoms. The lowest BCUT2D eigenvalue weighted by Crippen LogP contribution is -2.52. The second-order valence-electron chi connectivity index (χ2n) is 6.71. The number of nitriles is 1. The van der Waals surface area contributed by atoms with Crippen LogP contribution in [0.1, 0.15) is 50.7 Å². The van der Waals surface area contributed by atoms with Gasteiger partial charge < -0.3 is 5.11 Å². The zero-order chi connectivity index (χ0) is 20.6. The van der Waals surface area contributed by atoms with Crippen LogP contribution in [0.15, 0.2) is 23.2 Å². The van der Waals surface area contributed by atoms with E-state index in [0.717, 1.165) is 12.1 Å². The number of carboxylic acids is 1. The van der Waals surface area contributed by atoms with Crippen LogP contribution in [0.3, 0.4) is 0 Å². The molecule has 0 spiro atoms. The van der Waals surface area contributed by atoms with Gasteiger partial charge in [-0.15, -0.1) is 0 Å². The lowest BCUT2D eigenvalue weighted by molar-refractivity contribution is -0.154. The fourth-order valence-corrected chi connectivity index (χ4v) is 4.20. The number of halogens is 4. The summed E-state index contributed by atoms with van der Waals surface area (Å²) in [5.41, 5.74) is -3.05. The average Bonchev–Trinajstić information content (AvgIpc) is 2.59. The minimum absolute atomic E-state index is 0.0187. The fourth-order valence-electron chi connectivity index (χ4n) is 4.20. The Morgan fingerprint density at radius 2 is 2.00 bits per heavy atom. The molecule has 1 N–H and O–H groups in total. The lowest BCUT2D eigenvalue weighted by atomic mass is 9.57. The number of rotatable bonds is 4. The fraction of sp³-hybridized carbons (Fsp3) is 0.526. The molecule has 0 aliphatic carbocycles. The Labute approximate surface area is 154 Å². The highest BCUT2D eigenvalue weighted by Gasteiger charge is 2.58. The Kier molecular flexibility index (Phi) is 5.64. The summed E-state index contributed by atoms with van der Waals surface area (Å²) in [5.74, 6) is -4.85. The molecule has 0 radical (unpaired) electrons. The second kappa shape index (κ2) is 7.29. The van der Waals surface area contributed by atoms with Gasteiger partial charge in [-0.1, -0.05) is 19.9 Å². The normalized spacial score (nSPS) is 28.4. The van der Waals surface area contributed by atoms with Crippen LogP contribution >= 0.6 is 0 Å². The quantitative estimate of drug-likeness (QED) is 0.758. The Morgan fingerprint density at radius 3 is 2.44 bits per heavy atom. The van der Waals surface area contributed by atoms with Crippen LogP contribution in [-0.2, 0) is 11.0 Å². The summed E-state index contributed by atoms with van der Waals surface area (Å²) in [5, 5.41) is 19.7. The smallest absolute Gasteiger partial charge is 0.416 e. The van der Waals surface area contributed by atoms with Gasteiger partial charge in [-0.2, -0.15) is 18.4 Å². The molecule has 0 bridgehead atoms. The highest BCUT2D eigenvalue weighted by Crippen LogP contribution is 2.54. The second-order valence-corrected chi connectivity index (χ2v) is 6.71. The van der Waals surface area contributed by atoms with E-state index >= 15 is 0 Å². The minimum Gasteiger partial charge on any atom is -0.481 e. The summed E-state index contributed by atoms with van der Waals surface area (Å²) in [4.78, 5) is 16.7. The standard InChI is InChI=1S/C19H20F4N2O2/c1-4-15-18(5-2,17(26)27)16(13(9-24)10(3)25-15)12-7-6-11(20)8-14(12)19(21,22)23/h6-8,13,15-16H,4-5H2,1-3H3,(H,26,27). The monoisotopic (exact) mass is 384 g/mol. The van der Waals surface area contributed by atoms with Crippen LogP contribution in [0.5, 0.6) is 0 Å². The zero-order valence-electron chi connectivity index (χ0n) is 15.1. The highest BCUT2D eigenvalue weighted by atomic mass is 19.4. The average molecular weight is 384 g/mol. The van der Waals surface area contributed by atoms with Crippen LogP contribution < -0.4 is 0 Å². The number of carboxylic acid groups (broad SMARTS) is 1. The first-order valence-corrected chi connectivity index (χ1v) is 8.58. The van der Waals surface area contributed by atoms with Gasteiger partial charge in [0.2, 0.25) is 0 Å². The molecule has 1 aliphatic heterocycles. The van der Waals surface area contributed by atoms with E-state index in [9.17, 15) is 32.7 Å². The maximum atomic E-state index is 13.6. The van der Waals surface area contributed by atoms with Crippen molar-refractivity contribution in [1.29, 1.82) is 5.26 Å². The maximum Gasteiger partial charge on any atom is 0.416 e. The summed E-state index contributed by atoms with van der Waals surface area (Å²) in [6, 6.07) is 3.31. The van der Waals surface area contributed by atoms with Gasteiger partial charge in [0.05, 0.1) is 29.0 Å². The number of carbonyl (C=O) groups is 1. The Hall–Kier alpha value is -2.43. The number of alkyl halides is 3. The van der Waals surface area contributed by atoms with Crippen molar-refractivity contribution in [3.05, 3.63) is 35.1 Å². The van der Waals surface area contributed by atoms with E-state index in [-0.39, 0.29) is 24.1 Å². The van der Waals surface area contributed by atoms with Crippen LogP contribution in [0.4, 0.5) is 17.6 Å². The van der Waals surface area contributed by atoms with E-state index in [0.29, 0.717) is 6.07 Å². The van der Waals surface area contributed by atoms with Crippen molar-refractivity contribution in [1.82, 2.24) is 0 Å². The molecule has 0 saturated carbocycles. The van der Waals surface area contributed by atoms with Crippen molar-refractivity contribution >= 4 is 11.7 Å². The lowest BCUT2D eigenvalue weighted by Gasteiger charge is -2.46. The molecule has 2 rings (SSSR count). The summed E-state index contributed by atoms with van der Waals surface area (Å²) in [6.07, 6.45) is -4.62. The molecular weight excluding hydrogens is 364 g/mol. The van der Waals surface area contributed by atoms with E-state index in [1.165, 1.54) is 6.92 Å². The van der Waals surface area contributed by atoms with Gasteiger partial charge in [-0.05, 0) is 37.5 Å². The molecule has 0 saturated heterocycles. The Morgan fingerprint density at radius 1 is 1.37 bits per heavy atom. The molecule has 4 atom stereocenters. The molecule has 4 unspecified atom stereocenters. The number of aliphatic imine (C=N–C) groups is 1. The van der Waals surface area contributed by atoms with Crippen molar-refractivity contribution < 1.29 is 27.5 Å². The number of benzene rings is 1. The first-order valence-electron chi connectivity index (χ1n) is 8.58. The Balaban J connectivity index is 2.91. The first kappa shape index (κ1) is 20.9. The van der Waals surface area contributed by atoms with Crippen molar-refractivity contribution in [3.8, 4) is 6.07 Å². The van der Waals surface area contributed by atoms with Crippen molar-refractivity contribution in [2.45, 2.75) is 51.7 Å². The molecular formula is C19H20F4N2O2. The van der Waals surface area contributed by atoms with E-state index in [1.807, 2.05) is 6.07 Å². The molecule has 1 aliphatic rings. The summed E-state index contributed by atoms with van der Waals surface area (Å²) < 4.78 is 54.4. The van der Waals surface area contributed by atoms with Gasteiger partial charge in [-0.3, -0.25) is 9.79 Å². The molecule has 0 amide bonds. The minimum atomic E-state index is -4.89. The molecule has 0 aromatic heterocycles. The van der Waals surface area contributed by atoms with Crippen LogP contribution in [0.25, 0.3) is 0 Å². The number of hydrogen-bond donors (Lipinski definition) is 1. The van der Waals surface area contributed by atoms with Gasteiger partial charge in [0, 0.05) is 11.6 Å². The predicted molar refractivity (Wildman–Crippen MR) is 90.8 cm³/mol. The van der Waals surface area contributed by atoms with Crippen LogP contribution in [0, 0.1) is 28.5 Å². The van der Waals surface area contributed by atoms with E-state index in [1.54, 1.807) is 13.8 Å². The number of aliphatic carboxylic acids is 1. The largest absolute Gasteiger partial charge is 0.481 e. The van der Waals surface area contributed by atoms with Gasteiger partial charge in [0.25, 0.3) is 0 Å². The van der Waals surface area contributed by atoms with Crippen LogP contribution in [-0.4, -0.2) is 22.8 Å². The van der Waals surface area contributed by atoms with Crippen molar-refractivity contribution in [2.24, 2.45) is 16.3 Å². The SMILES string of the molecule is CCC1N=C(C)C(C#N)C(c2ccc(F)cc2C(F)(F)F)C1(CC)C(=O)O. The molecule has 1 aromatic carbocycles. The first-order chi connectivity index (χ1) is 12.5. The molecule has 146 valence electrons. The molecule has 1 heterocycles. The van der Waals surface area contributed by atoms with E-state index in [4.69, 9.17) is 0 Å². The number of nitrogens with zero attached hydrogens (tertiary/aromatic N) is 2. The highest BCUT2D eigenvalue weighted by molar-refractivity contribution is 5.92. The summed E-state index contributed by atoms with van der Waals surface area (Å²) in [7, 11) is 0. The maximum absolute atomic E-state index is 13.6. The van der Waals surface area contributed by atoms with E-state index < -0.39 is 46.8 Å². The zero-order valence-corrected chi connectivity index (χ0v) is 15.1. The van der Waals surface area contributed by atoms with Gasteiger partial charge in [0.1, 0.15) is 5.82 Å². The molecule has 4 nitrogen and oxygen atoms in total. The third kappa shape index (κ3) is 3.31. The van der Waals surface area contributed by atoms with Gasteiger partial charge >= 0.3 is 12.1 Å². The third-order valence-corrected chi connectivity index (χ3v) is 5.46. The van der Waals surface area contributed by atoms with Gasteiger partial charge in [-0.25, -0.2) is 4.39 Å². The van der Waals surface area contributed by atoms with Crippen molar-refractivity contribution in [3.63, 3.8) is 0 Å². The molecule has 27 heavy (non-hydrogen) atoms. The third-order valence-electron chi connectivity index (χ3n) is 5.46. The van der Waals surface area contributed by atoms with Crippen LogP contribution in [0.2, 0.25) is 0 Å². The summed E-state index contributed by atoms with van der Waals surface area (Å²) >= 11 is 0. The van der Waals surface area contributed by atoms with Crippen molar-refractivity contribution in [2.75, 3.05) is 0 Å². The van der Waals surface area contributed by atoms with E-state index in [2.05, 4.69) is 4.99 Å². The number of hydrogen-bond acceptors (Lipinski definition) is 3. The summed E-state index contributed by atoms with van der Waals surface area (Å²) in [6.45, 7) is 4.78. The molecule has 0 fully saturated rings. The topological polar surface area (TPSA) is 73.5 Å². The van der Waals surface area contributed by atoms with Gasteiger partial charge in [0.15, 0.2) is 0 Å². The Bertz CT molecular complexity index is 813. The molecule has 1 aromatic rings. The predicted octanol–water partition coefficient (Wildman–Crippen LogP) is 4.80.